The van der Waals surface area contributed by atoms with Gasteiger partial charge in [0.2, 0.25) is 5.91 Å². The molecule has 0 aromatic heterocycles. The van der Waals surface area contributed by atoms with Gasteiger partial charge in [-0.1, -0.05) is 31.2 Å². The minimum absolute atomic E-state index is 0. The second-order valence-corrected chi connectivity index (χ2v) is 4.13. The first-order valence-corrected chi connectivity index (χ1v) is 5.29. The first-order chi connectivity index (χ1) is 7.22. The van der Waals surface area contributed by atoms with Crippen molar-refractivity contribution in [1.29, 1.82) is 0 Å². The van der Waals surface area contributed by atoms with E-state index in [1.54, 1.807) is 0 Å². The minimum atomic E-state index is -0.0800. The molecule has 2 atom stereocenters. The van der Waals surface area contributed by atoms with Crippen molar-refractivity contribution in [2.45, 2.75) is 19.4 Å². The molecular weight excluding hydrogens is 224 g/mol. The van der Waals surface area contributed by atoms with Crippen molar-refractivity contribution in [3.05, 3.63) is 35.4 Å². The number of fused-ring (bicyclic) bond motifs is 1. The van der Waals surface area contributed by atoms with E-state index in [2.05, 4.69) is 24.4 Å². The van der Waals surface area contributed by atoms with Crippen LogP contribution in [0.2, 0.25) is 0 Å². The minimum Gasteiger partial charge on any atom is -0.348 e. The molecule has 1 aliphatic carbocycles. The summed E-state index contributed by atoms with van der Waals surface area (Å²) in [5.74, 6) is 0.376. The molecule has 0 bridgehead atoms. The molecule has 2 unspecified atom stereocenters. The molecule has 0 saturated carbocycles. The number of rotatable bonds is 2. The van der Waals surface area contributed by atoms with E-state index in [0.717, 1.165) is 6.42 Å². The zero-order valence-corrected chi connectivity index (χ0v) is 10.1. The van der Waals surface area contributed by atoms with Crippen LogP contribution in [-0.4, -0.2) is 12.5 Å². The predicted molar refractivity (Wildman–Crippen MR) is 66.5 cm³/mol. The van der Waals surface area contributed by atoms with E-state index >= 15 is 0 Å². The van der Waals surface area contributed by atoms with E-state index in [0.29, 0.717) is 5.92 Å². The van der Waals surface area contributed by atoms with Crippen LogP contribution in [-0.2, 0) is 11.2 Å². The molecule has 0 spiro atoms. The Labute approximate surface area is 102 Å². The van der Waals surface area contributed by atoms with Crippen molar-refractivity contribution < 1.29 is 4.79 Å². The summed E-state index contributed by atoms with van der Waals surface area (Å²) < 4.78 is 0. The normalized spacial score (nSPS) is 22.1. The van der Waals surface area contributed by atoms with Crippen LogP contribution in [0.25, 0.3) is 0 Å². The molecule has 4 heteroatoms. The van der Waals surface area contributed by atoms with Crippen molar-refractivity contribution in [2.75, 3.05) is 6.54 Å². The predicted octanol–water partition coefficient (Wildman–Crippen LogP) is 1.42. The third-order valence-electron chi connectivity index (χ3n) is 3.00. The molecule has 1 amide bonds. The van der Waals surface area contributed by atoms with Gasteiger partial charge in [0, 0.05) is 0 Å². The van der Waals surface area contributed by atoms with Crippen LogP contribution in [0, 0.1) is 5.92 Å². The van der Waals surface area contributed by atoms with E-state index in [-0.39, 0.29) is 30.9 Å². The summed E-state index contributed by atoms with van der Waals surface area (Å²) in [6, 6.07) is 8.40. The quantitative estimate of drug-likeness (QED) is 0.822. The van der Waals surface area contributed by atoms with E-state index in [1.165, 1.54) is 11.1 Å². The van der Waals surface area contributed by atoms with Gasteiger partial charge in [-0.15, -0.1) is 12.4 Å². The van der Waals surface area contributed by atoms with Crippen molar-refractivity contribution in [3.63, 3.8) is 0 Å². The lowest BCUT2D eigenvalue weighted by Crippen LogP contribution is -2.35. The Morgan fingerprint density at radius 2 is 2.19 bits per heavy atom. The van der Waals surface area contributed by atoms with Gasteiger partial charge in [-0.25, -0.2) is 0 Å². The molecule has 2 rings (SSSR count). The number of nitrogens with two attached hydrogens (primary N) is 1. The van der Waals surface area contributed by atoms with Crippen molar-refractivity contribution in [1.82, 2.24) is 5.32 Å². The number of hydrogen-bond donors (Lipinski definition) is 2. The van der Waals surface area contributed by atoms with Crippen LogP contribution >= 0.6 is 12.4 Å². The van der Waals surface area contributed by atoms with Crippen LogP contribution < -0.4 is 11.1 Å². The van der Waals surface area contributed by atoms with Gasteiger partial charge in [-0.05, 0) is 23.5 Å². The standard InChI is InChI=1S/C12H16N2O.ClH/c1-8-6-9-4-2-3-5-10(9)12(8)14-11(15)7-13;/h2-5,8,12H,6-7,13H2,1H3,(H,14,15);1H. The lowest BCUT2D eigenvalue weighted by atomic mass is 10.0. The Bertz CT molecular complexity index is 381. The number of hydrogen-bond acceptors (Lipinski definition) is 2. The number of benzene rings is 1. The van der Waals surface area contributed by atoms with Crippen LogP contribution in [0.15, 0.2) is 24.3 Å². The third-order valence-corrected chi connectivity index (χ3v) is 3.00. The molecule has 0 heterocycles. The highest BCUT2D eigenvalue weighted by Crippen LogP contribution is 2.35. The van der Waals surface area contributed by atoms with E-state index in [1.807, 2.05) is 12.1 Å². The highest BCUT2D eigenvalue weighted by atomic mass is 35.5. The zero-order valence-electron chi connectivity index (χ0n) is 9.27. The van der Waals surface area contributed by atoms with Crippen LogP contribution in [0.3, 0.4) is 0 Å². The summed E-state index contributed by atoms with van der Waals surface area (Å²) in [7, 11) is 0. The Kier molecular flexibility index (Phi) is 4.33. The van der Waals surface area contributed by atoms with Crippen LogP contribution in [0.1, 0.15) is 24.1 Å². The van der Waals surface area contributed by atoms with E-state index in [9.17, 15) is 4.79 Å². The Balaban J connectivity index is 0.00000128. The average Bonchev–Trinajstić information content (AvgIpc) is 2.55. The van der Waals surface area contributed by atoms with Gasteiger partial charge in [0.05, 0.1) is 12.6 Å². The smallest absolute Gasteiger partial charge is 0.234 e. The fourth-order valence-electron chi connectivity index (χ4n) is 2.25. The molecule has 16 heavy (non-hydrogen) atoms. The maximum atomic E-state index is 11.3. The van der Waals surface area contributed by atoms with Crippen LogP contribution in [0.5, 0.6) is 0 Å². The van der Waals surface area contributed by atoms with Crippen molar-refractivity contribution >= 4 is 18.3 Å². The zero-order chi connectivity index (χ0) is 10.8. The Hall–Kier alpha value is -1.06. The fraction of sp³-hybridized carbons (Fsp3) is 0.417. The Morgan fingerprint density at radius 3 is 2.88 bits per heavy atom. The molecule has 1 aromatic carbocycles. The molecule has 88 valence electrons. The van der Waals surface area contributed by atoms with Gasteiger partial charge in [0.15, 0.2) is 0 Å². The van der Waals surface area contributed by atoms with Gasteiger partial charge >= 0.3 is 0 Å². The lowest BCUT2D eigenvalue weighted by molar-refractivity contribution is -0.120. The maximum absolute atomic E-state index is 11.3. The summed E-state index contributed by atoms with van der Waals surface area (Å²) in [4.78, 5) is 11.3. The van der Waals surface area contributed by atoms with Gasteiger partial charge in [-0.2, -0.15) is 0 Å². The average molecular weight is 241 g/mol. The summed E-state index contributed by atoms with van der Waals surface area (Å²) in [6.07, 6.45) is 1.03. The second kappa shape index (κ2) is 5.32. The van der Waals surface area contributed by atoms with Gasteiger partial charge < -0.3 is 11.1 Å². The molecule has 1 aliphatic rings. The van der Waals surface area contributed by atoms with Crippen molar-refractivity contribution in [2.24, 2.45) is 11.7 Å². The second-order valence-electron chi connectivity index (χ2n) is 4.13. The molecule has 0 saturated heterocycles. The number of carbonyl (C=O) groups is 1. The Morgan fingerprint density at radius 1 is 1.50 bits per heavy atom. The maximum Gasteiger partial charge on any atom is 0.234 e. The van der Waals surface area contributed by atoms with Gasteiger partial charge in [0.1, 0.15) is 0 Å². The third kappa shape index (κ3) is 2.36. The molecule has 0 fully saturated rings. The first kappa shape index (κ1) is 13.0. The largest absolute Gasteiger partial charge is 0.348 e. The highest BCUT2D eigenvalue weighted by molar-refractivity contribution is 5.85. The van der Waals surface area contributed by atoms with E-state index in [4.69, 9.17) is 5.73 Å². The summed E-state index contributed by atoms with van der Waals surface area (Å²) in [5, 5.41) is 2.97. The van der Waals surface area contributed by atoms with Gasteiger partial charge in [0.25, 0.3) is 0 Å². The highest BCUT2D eigenvalue weighted by Gasteiger charge is 2.29. The molecule has 0 aliphatic heterocycles. The summed E-state index contributed by atoms with van der Waals surface area (Å²) in [6.45, 7) is 2.22. The van der Waals surface area contributed by atoms with Gasteiger partial charge in [-0.3, -0.25) is 4.79 Å². The lowest BCUT2D eigenvalue weighted by Gasteiger charge is -2.18. The number of halogens is 1. The summed E-state index contributed by atoms with van der Waals surface area (Å²) in [5.41, 5.74) is 7.89. The number of amides is 1. The SMILES string of the molecule is CC1Cc2ccccc2C1NC(=O)CN.Cl. The first-order valence-electron chi connectivity index (χ1n) is 5.29. The monoisotopic (exact) mass is 240 g/mol. The fourth-order valence-corrected chi connectivity index (χ4v) is 2.25. The summed E-state index contributed by atoms with van der Waals surface area (Å²) >= 11 is 0. The molecular formula is C12H17ClN2O. The molecule has 3 N–H and O–H groups in total. The van der Waals surface area contributed by atoms with E-state index < -0.39 is 0 Å². The molecule has 0 radical (unpaired) electrons. The number of nitrogens with one attached hydrogen (secondary N) is 1. The topological polar surface area (TPSA) is 55.1 Å². The molecule has 3 nitrogen and oxygen atoms in total. The van der Waals surface area contributed by atoms with Crippen LogP contribution in [0.4, 0.5) is 0 Å². The number of carbonyl (C=O) groups excluding carboxylic acids is 1. The molecule has 1 aromatic rings. The van der Waals surface area contributed by atoms with Crippen molar-refractivity contribution in [3.8, 4) is 0 Å².